The standard InChI is InChI=1S/C14H14BrClN4/c15-12-13(16)17-9-18-14(12)19-10-3-5-11(6-4-10)20-7-1-2-8-20/h3-6,9H,1-2,7-8H2,(H,17,18,19). The van der Waals surface area contributed by atoms with Crippen LogP contribution in [-0.2, 0) is 0 Å². The van der Waals surface area contributed by atoms with E-state index in [1.165, 1.54) is 24.9 Å². The molecule has 1 aromatic heterocycles. The van der Waals surface area contributed by atoms with Gasteiger partial charge >= 0.3 is 0 Å². The van der Waals surface area contributed by atoms with Gasteiger partial charge in [-0.15, -0.1) is 0 Å². The van der Waals surface area contributed by atoms with E-state index in [2.05, 4.69) is 60.4 Å². The number of rotatable bonds is 3. The Morgan fingerprint density at radius 3 is 2.50 bits per heavy atom. The summed E-state index contributed by atoms with van der Waals surface area (Å²) in [5.41, 5.74) is 2.25. The molecule has 1 fully saturated rings. The van der Waals surface area contributed by atoms with Crippen molar-refractivity contribution in [3.63, 3.8) is 0 Å². The largest absolute Gasteiger partial charge is 0.372 e. The fourth-order valence-electron chi connectivity index (χ4n) is 2.30. The van der Waals surface area contributed by atoms with Crippen LogP contribution >= 0.6 is 27.5 Å². The molecule has 6 heteroatoms. The van der Waals surface area contributed by atoms with Crippen LogP contribution in [0.3, 0.4) is 0 Å². The highest BCUT2D eigenvalue weighted by Gasteiger charge is 2.12. The Morgan fingerprint density at radius 2 is 1.80 bits per heavy atom. The number of anilines is 3. The molecule has 104 valence electrons. The van der Waals surface area contributed by atoms with Crippen LogP contribution < -0.4 is 10.2 Å². The average Bonchev–Trinajstić information content (AvgIpc) is 2.99. The van der Waals surface area contributed by atoms with Crippen LogP contribution in [0, 0.1) is 0 Å². The first-order valence-corrected chi connectivity index (χ1v) is 7.69. The molecule has 2 heterocycles. The maximum Gasteiger partial charge on any atom is 0.149 e. The highest BCUT2D eigenvalue weighted by atomic mass is 79.9. The highest BCUT2D eigenvalue weighted by Crippen LogP contribution is 2.29. The van der Waals surface area contributed by atoms with Gasteiger partial charge in [-0.05, 0) is 53.0 Å². The number of nitrogens with zero attached hydrogens (tertiary/aromatic N) is 3. The second-order valence-electron chi connectivity index (χ2n) is 4.69. The molecular formula is C14H14BrClN4. The van der Waals surface area contributed by atoms with Gasteiger partial charge in [0.15, 0.2) is 0 Å². The molecule has 3 rings (SSSR count). The van der Waals surface area contributed by atoms with Crippen LogP contribution in [-0.4, -0.2) is 23.1 Å². The summed E-state index contributed by atoms with van der Waals surface area (Å²) in [5.74, 6) is 0.666. The van der Waals surface area contributed by atoms with Crippen LogP contribution in [0.25, 0.3) is 0 Å². The van der Waals surface area contributed by atoms with Crippen molar-refractivity contribution in [1.29, 1.82) is 0 Å². The monoisotopic (exact) mass is 352 g/mol. The van der Waals surface area contributed by atoms with Crippen LogP contribution in [0.5, 0.6) is 0 Å². The summed E-state index contributed by atoms with van der Waals surface area (Å²) in [6, 6.07) is 8.36. The van der Waals surface area contributed by atoms with E-state index in [0.29, 0.717) is 15.4 Å². The predicted octanol–water partition coefficient (Wildman–Crippen LogP) is 4.24. The fourth-order valence-corrected chi connectivity index (χ4v) is 2.74. The molecule has 2 aromatic rings. The topological polar surface area (TPSA) is 41.1 Å². The van der Waals surface area contributed by atoms with Crippen molar-refractivity contribution in [2.75, 3.05) is 23.3 Å². The zero-order valence-electron chi connectivity index (χ0n) is 10.8. The van der Waals surface area contributed by atoms with E-state index in [4.69, 9.17) is 11.6 Å². The van der Waals surface area contributed by atoms with Gasteiger partial charge in [0, 0.05) is 24.5 Å². The van der Waals surface area contributed by atoms with Crippen molar-refractivity contribution in [3.05, 3.63) is 40.2 Å². The fraction of sp³-hybridized carbons (Fsp3) is 0.286. The molecule has 1 N–H and O–H groups in total. The Morgan fingerprint density at radius 1 is 1.10 bits per heavy atom. The second kappa shape index (κ2) is 5.97. The molecule has 0 aliphatic carbocycles. The molecule has 1 aliphatic rings. The quantitative estimate of drug-likeness (QED) is 0.838. The Hall–Kier alpha value is -1.33. The number of hydrogen-bond acceptors (Lipinski definition) is 4. The van der Waals surface area contributed by atoms with Crippen LogP contribution in [0.15, 0.2) is 35.1 Å². The number of hydrogen-bond donors (Lipinski definition) is 1. The van der Waals surface area contributed by atoms with Crippen molar-refractivity contribution < 1.29 is 0 Å². The first-order valence-electron chi connectivity index (χ1n) is 6.52. The summed E-state index contributed by atoms with van der Waals surface area (Å²) in [6.45, 7) is 2.31. The van der Waals surface area contributed by atoms with Gasteiger partial charge in [0.1, 0.15) is 17.3 Å². The van der Waals surface area contributed by atoms with Gasteiger partial charge in [-0.2, -0.15) is 0 Å². The molecule has 1 aromatic carbocycles. The minimum Gasteiger partial charge on any atom is -0.372 e. The summed E-state index contributed by atoms with van der Waals surface area (Å²) in [5, 5.41) is 3.63. The summed E-state index contributed by atoms with van der Waals surface area (Å²) in [7, 11) is 0. The van der Waals surface area contributed by atoms with E-state index in [1.807, 2.05) is 0 Å². The molecule has 0 atom stereocenters. The summed E-state index contributed by atoms with van der Waals surface area (Å²) < 4.78 is 0.672. The van der Waals surface area contributed by atoms with Gasteiger partial charge in [0.2, 0.25) is 0 Å². The summed E-state index contributed by atoms with van der Waals surface area (Å²) in [4.78, 5) is 10.5. The Bertz CT molecular complexity index is 597. The number of aromatic nitrogens is 2. The number of halogens is 2. The lowest BCUT2D eigenvalue weighted by atomic mass is 10.2. The zero-order valence-corrected chi connectivity index (χ0v) is 13.2. The van der Waals surface area contributed by atoms with Crippen LogP contribution in [0.1, 0.15) is 12.8 Å². The molecule has 0 radical (unpaired) electrons. The smallest absolute Gasteiger partial charge is 0.149 e. The van der Waals surface area contributed by atoms with Crippen molar-refractivity contribution in [1.82, 2.24) is 9.97 Å². The van der Waals surface area contributed by atoms with Crippen molar-refractivity contribution in [3.8, 4) is 0 Å². The highest BCUT2D eigenvalue weighted by molar-refractivity contribution is 9.10. The normalized spacial score (nSPS) is 14.6. The van der Waals surface area contributed by atoms with Crippen molar-refractivity contribution in [2.24, 2.45) is 0 Å². The summed E-state index contributed by atoms with van der Waals surface area (Å²) in [6.07, 6.45) is 4.01. The first kappa shape index (κ1) is 13.6. The molecule has 4 nitrogen and oxygen atoms in total. The van der Waals surface area contributed by atoms with E-state index in [9.17, 15) is 0 Å². The molecule has 0 spiro atoms. The van der Waals surface area contributed by atoms with Gasteiger partial charge in [-0.1, -0.05) is 11.6 Å². The Balaban J connectivity index is 1.76. The number of nitrogens with one attached hydrogen (secondary N) is 1. The maximum absolute atomic E-state index is 5.95. The third-order valence-electron chi connectivity index (χ3n) is 3.35. The van der Waals surface area contributed by atoms with E-state index in [1.54, 1.807) is 0 Å². The van der Waals surface area contributed by atoms with Crippen LogP contribution in [0.4, 0.5) is 17.2 Å². The van der Waals surface area contributed by atoms with Gasteiger partial charge in [0.05, 0.1) is 4.47 Å². The van der Waals surface area contributed by atoms with E-state index in [-0.39, 0.29) is 0 Å². The lowest BCUT2D eigenvalue weighted by Crippen LogP contribution is -2.17. The predicted molar refractivity (Wildman–Crippen MR) is 85.9 cm³/mol. The lowest BCUT2D eigenvalue weighted by molar-refractivity contribution is 0.949. The second-order valence-corrected chi connectivity index (χ2v) is 5.84. The molecular weight excluding hydrogens is 340 g/mol. The van der Waals surface area contributed by atoms with Crippen molar-refractivity contribution >= 4 is 44.7 Å². The van der Waals surface area contributed by atoms with E-state index >= 15 is 0 Å². The third-order valence-corrected chi connectivity index (χ3v) is 4.61. The lowest BCUT2D eigenvalue weighted by Gasteiger charge is -2.18. The molecule has 20 heavy (non-hydrogen) atoms. The van der Waals surface area contributed by atoms with Crippen molar-refractivity contribution in [2.45, 2.75) is 12.8 Å². The molecule has 0 saturated carbocycles. The maximum atomic E-state index is 5.95. The SMILES string of the molecule is Clc1ncnc(Nc2ccc(N3CCCC3)cc2)c1Br. The number of benzene rings is 1. The average molecular weight is 354 g/mol. The first-order chi connectivity index (χ1) is 9.74. The Kier molecular flexibility index (Phi) is 4.08. The third kappa shape index (κ3) is 2.88. The molecule has 1 aliphatic heterocycles. The minimum atomic E-state index is 0.399. The minimum absolute atomic E-state index is 0.399. The van der Waals surface area contributed by atoms with Gasteiger partial charge in [-0.3, -0.25) is 0 Å². The Labute approximate surface area is 131 Å². The van der Waals surface area contributed by atoms with E-state index in [0.717, 1.165) is 18.8 Å². The molecule has 0 unspecified atom stereocenters. The van der Waals surface area contributed by atoms with Crippen LogP contribution in [0.2, 0.25) is 5.15 Å². The molecule has 0 amide bonds. The van der Waals surface area contributed by atoms with E-state index < -0.39 is 0 Å². The van der Waals surface area contributed by atoms with Gasteiger partial charge in [0.25, 0.3) is 0 Å². The summed E-state index contributed by atoms with van der Waals surface area (Å²) >= 11 is 9.33. The molecule has 1 saturated heterocycles. The zero-order chi connectivity index (χ0) is 13.9. The van der Waals surface area contributed by atoms with Gasteiger partial charge in [-0.25, -0.2) is 9.97 Å². The van der Waals surface area contributed by atoms with Gasteiger partial charge < -0.3 is 10.2 Å². The molecule has 0 bridgehead atoms.